The molecule has 7 heteroatoms. The first-order chi connectivity index (χ1) is 13.4. The summed E-state index contributed by atoms with van der Waals surface area (Å²) in [6.45, 7) is 4.02. The molecule has 0 saturated carbocycles. The van der Waals surface area contributed by atoms with Gasteiger partial charge in [-0.05, 0) is 43.7 Å². The Labute approximate surface area is 164 Å². The lowest BCUT2D eigenvalue weighted by atomic mass is 10.1. The molecule has 0 saturated heterocycles. The summed E-state index contributed by atoms with van der Waals surface area (Å²) in [6.07, 6.45) is -1.03. The maximum atomic E-state index is 12.4. The average molecular weight is 383 g/mol. The summed E-state index contributed by atoms with van der Waals surface area (Å²) in [7, 11) is 3.37. The van der Waals surface area contributed by atoms with Crippen LogP contribution in [0.2, 0.25) is 0 Å². The predicted molar refractivity (Wildman–Crippen MR) is 107 cm³/mol. The number of anilines is 1. The number of hydrogen-bond acceptors (Lipinski definition) is 5. The van der Waals surface area contributed by atoms with Crippen LogP contribution in [-0.2, 0) is 4.79 Å². The van der Waals surface area contributed by atoms with Crippen LogP contribution in [0.5, 0.6) is 11.5 Å². The van der Waals surface area contributed by atoms with Crippen molar-refractivity contribution in [3.8, 4) is 11.5 Å². The minimum Gasteiger partial charge on any atom is -0.490 e. The second kappa shape index (κ2) is 8.21. The number of hydrogen-bond donors (Lipinski definition) is 2. The lowest BCUT2D eigenvalue weighted by molar-refractivity contribution is -0.135. The lowest BCUT2D eigenvalue weighted by Crippen LogP contribution is -2.38. The maximum absolute atomic E-state index is 12.4. The Morgan fingerprint density at radius 3 is 2.61 bits per heavy atom. The van der Waals surface area contributed by atoms with E-state index in [1.807, 2.05) is 37.3 Å². The van der Waals surface area contributed by atoms with Crippen LogP contribution in [-0.4, -0.2) is 43.5 Å². The molecule has 2 aromatic carbocycles. The highest BCUT2D eigenvalue weighted by Gasteiger charge is 2.25. The van der Waals surface area contributed by atoms with E-state index in [0.717, 1.165) is 11.3 Å². The Balaban J connectivity index is 1.85. The molecule has 0 unspecified atom stereocenters. The minimum absolute atomic E-state index is 0.135. The Hall–Kier alpha value is -3.22. The van der Waals surface area contributed by atoms with E-state index in [1.54, 1.807) is 33.2 Å². The number of para-hydroxylation sites is 1. The zero-order valence-electron chi connectivity index (χ0n) is 16.5. The molecule has 0 fully saturated rings. The summed E-state index contributed by atoms with van der Waals surface area (Å²) in [5.41, 5.74) is 2.21. The van der Waals surface area contributed by atoms with Gasteiger partial charge in [0.2, 0.25) is 0 Å². The first kappa shape index (κ1) is 19.5. The normalized spacial score (nSPS) is 16.3. The van der Waals surface area contributed by atoms with Gasteiger partial charge in [0.1, 0.15) is 6.17 Å². The van der Waals surface area contributed by atoms with Gasteiger partial charge in [0, 0.05) is 19.8 Å². The van der Waals surface area contributed by atoms with E-state index in [2.05, 4.69) is 10.6 Å². The molecule has 0 aromatic heterocycles. The van der Waals surface area contributed by atoms with E-state index < -0.39 is 12.3 Å². The van der Waals surface area contributed by atoms with E-state index in [1.165, 1.54) is 4.90 Å². The monoisotopic (exact) mass is 383 g/mol. The zero-order valence-corrected chi connectivity index (χ0v) is 16.5. The number of amides is 2. The van der Waals surface area contributed by atoms with Gasteiger partial charge in [0.05, 0.1) is 12.2 Å². The zero-order chi connectivity index (χ0) is 20.3. The van der Waals surface area contributed by atoms with Gasteiger partial charge in [0.15, 0.2) is 17.6 Å². The van der Waals surface area contributed by atoms with E-state index in [0.29, 0.717) is 23.7 Å². The number of carbonyl (C=O) groups excluding carboxylic acids is 2. The van der Waals surface area contributed by atoms with Crippen molar-refractivity contribution in [2.45, 2.75) is 26.1 Å². The summed E-state index contributed by atoms with van der Waals surface area (Å²) >= 11 is 0. The molecule has 2 amide bonds. The van der Waals surface area contributed by atoms with Crippen molar-refractivity contribution >= 4 is 17.5 Å². The van der Waals surface area contributed by atoms with Crippen LogP contribution in [0, 0.1) is 0 Å². The molecule has 1 aliphatic heterocycles. The van der Waals surface area contributed by atoms with Crippen molar-refractivity contribution in [1.82, 2.24) is 10.2 Å². The lowest BCUT2D eigenvalue weighted by Gasteiger charge is -2.28. The van der Waals surface area contributed by atoms with Gasteiger partial charge in [0.25, 0.3) is 11.8 Å². The number of benzene rings is 2. The quantitative estimate of drug-likeness (QED) is 0.802. The number of rotatable bonds is 6. The average Bonchev–Trinajstić information content (AvgIpc) is 2.68. The third-order valence-corrected chi connectivity index (χ3v) is 4.44. The number of nitrogens with zero attached hydrogens (tertiary/aromatic N) is 1. The van der Waals surface area contributed by atoms with Crippen LogP contribution in [0.3, 0.4) is 0 Å². The van der Waals surface area contributed by atoms with Crippen molar-refractivity contribution < 1.29 is 19.1 Å². The van der Waals surface area contributed by atoms with E-state index in [4.69, 9.17) is 9.47 Å². The Kier molecular flexibility index (Phi) is 5.73. The number of carbonyl (C=O) groups is 2. The fraction of sp³-hybridized carbons (Fsp3) is 0.333. The summed E-state index contributed by atoms with van der Waals surface area (Å²) in [4.78, 5) is 26.0. The van der Waals surface area contributed by atoms with Crippen LogP contribution in [0.15, 0.2) is 42.5 Å². The van der Waals surface area contributed by atoms with Crippen molar-refractivity contribution in [3.63, 3.8) is 0 Å². The summed E-state index contributed by atoms with van der Waals surface area (Å²) in [6, 6.07) is 12.8. The van der Waals surface area contributed by atoms with E-state index >= 15 is 0 Å². The summed E-state index contributed by atoms with van der Waals surface area (Å²) in [5, 5.41) is 6.26. The Morgan fingerprint density at radius 1 is 1.14 bits per heavy atom. The molecule has 2 aromatic rings. The number of fused-ring (bicyclic) bond motifs is 1. The van der Waals surface area contributed by atoms with Gasteiger partial charge in [-0.1, -0.05) is 18.2 Å². The molecule has 1 aliphatic rings. The highest BCUT2D eigenvalue weighted by atomic mass is 16.5. The van der Waals surface area contributed by atoms with Crippen molar-refractivity contribution in [2.24, 2.45) is 0 Å². The largest absolute Gasteiger partial charge is 0.490 e. The third kappa shape index (κ3) is 4.03. The molecule has 0 aliphatic carbocycles. The smallest absolute Gasteiger partial charge is 0.262 e. The van der Waals surface area contributed by atoms with Crippen LogP contribution in [0.1, 0.15) is 35.9 Å². The first-order valence-electron chi connectivity index (χ1n) is 9.21. The van der Waals surface area contributed by atoms with Gasteiger partial charge < -0.3 is 25.0 Å². The number of likely N-dealkylation sites (N-methyl/N-ethyl adjacent to an activating group) is 1. The molecule has 1 heterocycles. The van der Waals surface area contributed by atoms with Crippen LogP contribution < -0.4 is 20.1 Å². The molecule has 0 spiro atoms. The second-order valence-electron chi connectivity index (χ2n) is 6.73. The van der Waals surface area contributed by atoms with E-state index in [9.17, 15) is 9.59 Å². The number of nitrogens with one attached hydrogen (secondary N) is 2. The minimum atomic E-state index is -0.639. The van der Waals surface area contributed by atoms with Gasteiger partial charge in [-0.15, -0.1) is 0 Å². The molecule has 2 atom stereocenters. The van der Waals surface area contributed by atoms with E-state index in [-0.39, 0.29) is 11.8 Å². The summed E-state index contributed by atoms with van der Waals surface area (Å²) < 4.78 is 11.5. The number of ether oxygens (including phenoxy) is 2. The second-order valence-corrected chi connectivity index (χ2v) is 6.73. The molecule has 3 rings (SSSR count). The maximum Gasteiger partial charge on any atom is 0.262 e. The van der Waals surface area contributed by atoms with Crippen molar-refractivity contribution in [3.05, 3.63) is 53.6 Å². The molecular formula is C21H25N3O4. The van der Waals surface area contributed by atoms with Gasteiger partial charge in [-0.25, -0.2) is 0 Å². The van der Waals surface area contributed by atoms with Crippen molar-refractivity contribution in [2.75, 3.05) is 26.0 Å². The molecule has 7 nitrogen and oxygen atoms in total. The SMILES string of the molecule is CCOc1cc([C@H]2NC(=O)c3ccccc3N2)ccc1O[C@@H](C)C(=O)N(C)C. The Morgan fingerprint density at radius 2 is 1.89 bits per heavy atom. The topological polar surface area (TPSA) is 79.9 Å². The van der Waals surface area contributed by atoms with Crippen molar-refractivity contribution in [1.29, 1.82) is 0 Å². The van der Waals surface area contributed by atoms with Gasteiger partial charge in [-0.2, -0.15) is 0 Å². The molecule has 2 N–H and O–H groups in total. The standard InChI is InChI=1S/C21H25N3O4/c1-5-27-18-12-14(10-11-17(18)28-13(2)21(26)24(3)4)19-22-16-9-7-6-8-15(16)20(25)23-19/h6-13,19,22H,5H2,1-4H3,(H,23,25)/t13-,19+/m0/s1. The predicted octanol–water partition coefficient (Wildman–Crippen LogP) is 2.79. The third-order valence-electron chi connectivity index (χ3n) is 4.44. The first-order valence-corrected chi connectivity index (χ1v) is 9.21. The molecule has 28 heavy (non-hydrogen) atoms. The van der Waals surface area contributed by atoms with Gasteiger partial charge in [-0.3, -0.25) is 9.59 Å². The molecule has 0 radical (unpaired) electrons. The highest BCUT2D eigenvalue weighted by molar-refractivity contribution is 6.01. The fourth-order valence-corrected chi connectivity index (χ4v) is 3.05. The highest BCUT2D eigenvalue weighted by Crippen LogP contribution is 2.33. The molecule has 148 valence electrons. The fourth-order valence-electron chi connectivity index (χ4n) is 3.05. The summed E-state index contributed by atoms with van der Waals surface area (Å²) in [5.74, 6) is 0.733. The van der Waals surface area contributed by atoms with Crippen LogP contribution >= 0.6 is 0 Å². The Bertz CT molecular complexity index is 882. The van der Waals surface area contributed by atoms with Gasteiger partial charge >= 0.3 is 0 Å². The van der Waals surface area contributed by atoms with Crippen LogP contribution in [0.25, 0.3) is 0 Å². The molecular weight excluding hydrogens is 358 g/mol. The molecule has 0 bridgehead atoms. The van der Waals surface area contributed by atoms with Crippen LogP contribution in [0.4, 0.5) is 5.69 Å².